The average Bonchev–Trinajstić information content (AvgIpc) is 2.37. The van der Waals surface area contributed by atoms with Gasteiger partial charge in [0, 0.05) is 11.3 Å². The minimum atomic E-state index is -0.269. The first-order valence-electron chi connectivity index (χ1n) is 5.59. The highest BCUT2D eigenvalue weighted by molar-refractivity contribution is 6.67. The SMILES string of the molecule is Fc1cccc(C2N=C(Cl)Nc3ccccc32)c1. The molecule has 1 heterocycles. The number of anilines is 1. The molecule has 0 saturated heterocycles. The molecule has 0 spiro atoms. The Morgan fingerprint density at radius 1 is 1.11 bits per heavy atom. The van der Waals surface area contributed by atoms with Gasteiger partial charge in [-0.05, 0) is 35.4 Å². The van der Waals surface area contributed by atoms with Gasteiger partial charge in [0.25, 0.3) is 0 Å². The van der Waals surface area contributed by atoms with Crippen LogP contribution in [0.15, 0.2) is 53.5 Å². The highest BCUT2D eigenvalue weighted by Crippen LogP contribution is 2.35. The molecule has 0 aliphatic carbocycles. The van der Waals surface area contributed by atoms with Gasteiger partial charge in [-0.2, -0.15) is 0 Å². The molecule has 0 fully saturated rings. The molecule has 2 aromatic rings. The van der Waals surface area contributed by atoms with E-state index >= 15 is 0 Å². The molecule has 0 radical (unpaired) electrons. The fourth-order valence-electron chi connectivity index (χ4n) is 2.11. The summed E-state index contributed by atoms with van der Waals surface area (Å²) < 4.78 is 13.3. The first kappa shape index (κ1) is 11.2. The second-order valence-electron chi connectivity index (χ2n) is 4.09. The molecule has 4 heteroatoms. The predicted octanol–water partition coefficient (Wildman–Crippen LogP) is 3.94. The molecule has 0 aromatic heterocycles. The molecule has 90 valence electrons. The number of rotatable bonds is 1. The third-order valence-corrected chi connectivity index (χ3v) is 3.09. The number of nitrogens with zero attached hydrogens (tertiary/aromatic N) is 1. The molecule has 3 rings (SSSR count). The van der Waals surface area contributed by atoms with E-state index in [0.717, 1.165) is 16.8 Å². The molecule has 1 N–H and O–H groups in total. The Kier molecular flexibility index (Phi) is 2.76. The van der Waals surface area contributed by atoms with Gasteiger partial charge in [-0.1, -0.05) is 30.3 Å². The maximum Gasteiger partial charge on any atom is 0.196 e. The monoisotopic (exact) mass is 260 g/mol. The highest BCUT2D eigenvalue weighted by Gasteiger charge is 2.21. The van der Waals surface area contributed by atoms with Crippen LogP contribution < -0.4 is 5.32 Å². The number of amidine groups is 1. The third kappa shape index (κ3) is 1.97. The number of aliphatic imine (C=N–C) groups is 1. The molecule has 2 aromatic carbocycles. The van der Waals surface area contributed by atoms with Crippen LogP contribution in [0.3, 0.4) is 0 Å². The Morgan fingerprint density at radius 2 is 1.94 bits per heavy atom. The molecule has 0 saturated carbocycles. The Balaban J connectivity index is 2.13. The summed E-state index contributed by atoms with van der Waals surface area (Å²) in [5.41, 5.74) is 2.70. The van der Waals surface area contributed by atoms with Crippen molar-refractivity contribution in [3.05, 3.63) is 65.5 Å². The molecule has 1 aliphatic rings. The van der Waals surface area contributed by atoms with Crippen LogP contribution in [0.1, 0.15) is 17.2 Å². The van der Waals surface area contributed by atoms with Crippen LogP contribution in [0, 0.1) is 5.82 Å². The maximum atomic E-state index is 13.3. The zero-order valence-electron chi connectivity index (χ0n) is 9.40. The average molecular weight is 261 g/mol. The van der Waals surface area contributed by atoms with Gasteiger partial charge in [0.15, 0.2) is 5.29 Å². The van der Waals surface area contributed by atoms with Gasteiger partial charge in [0.05, 0.1) is 0 Å². The van der Waals surface area contributed by atoms with Crippen LogP contribution >= 0.6 is 11.6 Å². The number of nitrogens with one attached hydrogen (secondary N) is 1. The van der Waals surface area contributed by atoms with E-state index in [9.17, 15) is 4.39 Å². The van der Waals surface area contributed by atoms with Gasteiger partial charge in [-0.25, -0.2) is 9.38 Å². The van der Waals surface area contributed by atoms with Gasteiger partial charge in [-0.15, -0.1) is 0 Å². The number of hydrogen-bond donors (Lipinski definition) is 1. The van der Waals surface area contributed by atoms with Crippen molar-refractivity contribution < 1.29 is 4.39 Å². The van der Waals surface area contributed by atoms with Crippen molar-refractivity contribution in [2.24, 2.45) is 4.99 Å². The van der Waals surface area contributed by atoms with E-state index < -0.39 is 0 Å². The van der Waals surface area contributed by atoms with Crippen molar-refractivity contribution in [3.8, 4) is 0 Å². The first-order valence-corrected chi connectivity index (χ1v) is 5.96. The van der Waals surface area contributed by atoms with E-state index in [-0.39, 0.29) is 11.9 Å². The molecule has 1 aliphatic heterocycles. The second-order valence-corrected chi connectivity index (χ2v) is 4.45. The summed E-state index contributed by atoms with van der Waals surface area (Å²) in [6.45, 7) is 0. The van der Waals surface area contributed by atoms with E-state index in [1.54, 1.807) is 6.07 Å². The summed E-state index contributed by atoms with van der Waals surface area (Å²) >= 11 is 5.97. The lowest BCUT2D eigenvalue weighted by atomic mass is 9.97. The Bertz CT molecular complexity index is 625. The number of benzene rings is 2. The van der Waals surface area contributed by atoms with Crippen LogP contribution in [0.2, 0.25) is 0 Å². The Hall–Kier alpha value is -1.87. The summed E-state index contributed by atoms with van der Waals surface area (Å²) in [5, 5.41) is 3.32. The molecule has 0 amide bonds. The summed E-state index contributed by atoms with van der Waals surface area (Å²) in [6.07, 6.45) is 0. The third-order valence-electron chi connectivity index (χ3n) is 2.90. The lowest BCUT2D eigenvalue weighted by molar-refractivity contribution is 0.623. The molecular formula is C14H10ClFN2. The van der Waals surface area contributed by atoms with E-state index in [0.29, 0.717) is 5.29 Å². The zero-order valence-corrected chi connectivity index (χ0v) is 10.2. The minimum Gasteiger partial charge on any atom is -0.330 e. The fourth-order valence-corrected chi connectivity index (χ4v) is 2.31. The Labute approximate surface area is 109 Å². The fraction of sp³-hybridized carbons (Fsp3) is 0.0714. The summed E-state index contributed by atoms with van der Waals surface area (Å²) in [6, 6.07) is 13.9. The first-order chi connectivity index (χ1) is 8.74. The Morgan fingerprint density at radius 3 is 2.78 bits per heavy atom. The van der Waals surface area contributed by atoms with Crippen LogP contribution in [0.25, 0.3) is 0 Å². The lowest BCUT2D eigenvalue weighted by Crippen LogP contribution is -2.16. The van der Waals surface area contributed by atoms with Crippen LogP contribution in [-0.2, 0) is 0 Å². The number of fused-ring (bicyclic) bond motifs is 1. The van der Waals surface area contributed by atoms with Gasteiger partial charge in [0.1, 0.15) is 11.9 Å². The van der Waals surface area contributed by atoms with Crippen LogP contribution in [0.4, 0.5) is 10.1 Å². The molecule has 0 bridgehead atoms. The van der Waals surface area contributed by atoms with E-state index in [1.165, 1.54) is 12.1 Å². The zero-order chi connectivity index (χ0) is 12.5. The second kappa shape index (κ2) is 4.42. The highest BCUT2D eigenvalue weighted by atomic mass is 35.5. The summed E-state index contributed by atoms with van der Waals surface area (Å²) in [5.74, 6) is -0.269. The standard InChI is InChI=1S/C14H10ClFN2/c15-14-17-12-7-2-1-6-11(12)13(18-14)9-4-3-5-10(16)8-9/h1-8,13H,(H,17,18). The smallest absolute Gasteiger partial charge is 0.196 e. The summed E-state index contributed by atoms with van der Waals surface area (Å²) in [7, 11) is 0. The van der Waals surface area contributed by atoms with Crippen LogP contribution in [-0.4, -0.2) is 5.29 Å². The van der Waals surface area contributed by atoms with Crippen molar-refractivity contribution in [1.82, 2.24) is 0 Å². The van der Waals surface area contributed by atoms with Crippen molar-refractivity contribution in [2.45, 2.75) is 6.04 Å². The van der Waals surface area contributed by atoms with Crippen molar-refractivity contribution in [1.29, 1.82) is 0 Å². The molecule has 1 atom stereocenters. The van der Waals surface area contributed by atoms with E-state index in [1.807, 2.05) is 30.3 Å². The van der Waals surface area contributed by atoms with Gasteiger partial charge >= 0.3 is 0 Å². The lowest BCUT2D eigenvalue weighted by Gasteiger charge is -2.23. The maximum absolute atomic E-state index is 13.3. The van der Waals surface area contributed by atoms with Gasteiger partial charge in [-0.3, -0.25) is 0 Å². The van der Waals surface area contributed by atoms with E-state index in [4.69, 9.17) is 11.6 Å². The topological polar surface area (TPSA) is 24.4 Å². The minimum absolute atomic E-state index is 0.259. The predicted molar refractivity (Wildman–Crippen MR) is 71.6 cm³/mol. The normalized spacial score (nSPS) is 17.7. The van der Waals surface area contributed by atoms with Crippen molar-refractivity contribution in [3.63, 3.8) is 0 Å². The van der Waals surface area contributed by atoms with Gasteiger partial charge < -0.3 is 5.32 Å². The quantitative estimate of drug-likeness (QED) is 0.772. The molecule has 1 unspecified atom stereocenters. The summed E-state index contributed by atoms with van der Waals surface area (Å²) in [4.78, 5) is 4.34. The molecule has 18 heavy (non-hydrogen) atoms. The van der Waals surface area contributed by atoms with Gasteiger partial charge in [0.2, 0.25) is 0 Å². The largest absolute Gasteiger partial charge is 0.330 e. The number of hydrogen-bond acceptors (Lipinski definition) is 2. The van der Waals surface area contributed by atoms with Crippen molar-refractivity contribution in [2.75, 3.05) is 5.32 Å². The van der Waals surface area contributed by atoms with E-state index in [2.05, 4.69) is 10.3 Å². The number of para-hydroxylation sites is 1. The van der Waals surface area contributed by atoms with Crippen LogP contribution in [0.5, 0.6) is 0 Å². The molecule has 2 nitrogen and oxygen atoms in total. The number of halogens is 2. The van der Waals surface area contributed by atoms with Crippen molar-refractivity contribution >= 4 is 22.6 Å². The molecular weight excluding hydrogens is 251 g/mol.